The van der Waals surface area contributed by atoms with Crippen LogP contribution < -0.4 is 0 Å². The molecule has 2 heteroatoms. The van der Waals surface area contributed by atoms with Crippen LogP contribution in [-0.4, -0.2) is 9.97 Å². The number of hydrogen-bond acceptors (Lipinski definition) is 2. The van der Waals surface area contributed by atoms with E-state index in [0.29, 0.717) is 5.92 Å². The molecule has 0 amide bonds. The summed E-state index contributed by atoms with van der Waals surface area (Å²) < 4.78 is 0. The Bertz CT molecular complexity index is 254. The van der Waals surface area contributed by atoms with E-state index in [1.807, 2.05) is 33.9 Å². The number of aromatic nitrogens is 2. The standard InChI is InChI=1S/C9H14N2.C2H6/c1-6(2)9-5-10-8(4)11-7(9)3;1-2/h5-6H,1-4H3;1-2H3. The lowest BCUT2D eigenvalue weighted by Crippen LogP contribution is -1.98. The van der Waals surface area contributed by atoms with Gasteiger partial charge >= 0.3 is 0 Å². The summed E-state index contributed by atoms with van der Waals surface area (Å²) in [5.41, 5.74) is 2.35. The van der Waals surface area contributed by atoms with Crippen molar-refractivity contribution >= 4 is 0 Å². The van der Waals surface area contributed by atoms with Gasteiger partial charge in [0.05, 0.1) is 0 Å². The zero-order valence-electron chi connectivity index (χ0n) is 9.55. The molecule has 0 bridgehead atoms. The molecule has 0 saturated carbocycles. The second kappa shape index (κ2) is 5.68. The van der Waals surface area contributed by atoms with Crippen molar-refractivity contribution < 1.29 is 0 Å². The van der Waals surface area contributed by atoms with Gasteiger partial charge in [-0.05, 0) is 25.3 Å². The van der Waals surface area contributed by atoms with Crippen molar-refractivity contribution in [2.45, 2.75) is 47.5 Å². The first kappa shape index (κ1) is 12.1. The van der Waals surface area contributed by atoms with Crippen molar-refractivity contribution in [2.75, 3.05) is 0 Å². The highest BCUT2D eigenvalue weighted by Crippen LogP contribution is 2.15. The molecule has 0 aliphatic rings. The maximum Gasteiger partial charge on any atom is 0.125 e. The Balaban J connectivity index is 0.000000671. The molecule has 74 valence electrons. The van der Waals surface area contributed by atoms with Crippen molar-refractivity contribution in [1.82, 2.24) is 9.97 Å². The fraction of sp³-hybridized carbons (Fsp3) is 0.636. The summed E-state index contributed by atoms with van der Waals surface area (Å²) in [7, 11) is 0. The summed E-state index contributed by atoms with van der Waals surface area (Å²) in [6.45, 7) is 12.3. The van der Waals surface area contributed by atoms with E-state index in [2.05, 4.69) is 23.8 Å². The maximum atomic E-state index is 4.28. The Morgan fingerprint density at radius 1 is 1.15 bits per heavy atom. The summed E-state index contributed by atoms with van der Waals surface area (Å²) in [5.74, 6) is 1.38. The van der Waals surface area contributed by atoms with Gasteiger partial charge in [-0.3, -0.25) is 0 Å². The van der Waals surface area contributed by atoms with Crippen LogP contribution in [0.15, 0.2) is 6.20 Å². The van der Waals surface area contributed by atoms with E-state index >= 15 is 0 Å². The summed E-state index contributed by atoms with van der Waals surface area (Å²) in [4.78, 5) is 8.43. The quantitative estimate of drug-likeness (QED) is 0.663. The summed E-state index contributed by atoms with van der Waals surface area (Å²) in [5, 5.41) is 0. The van der Waals surface area contributed by atoms with Crippen LogP contribution in [0.3, 0.4) is 0 Å². The largest absolute Gasteiger partial charge is 0.241 e. The zero-order valence-corrected chi connectivity index (χ0v) is 9.55. The molecule has 0 atom stereocenters. The Labute approximate surface area is 81.4 Å². The predicted molar refractivity (Wildman–Crippen MR) is 56.9 cm³/mol. The Morgan fingerprint density at radius 2 is 1.69 bits per heavy atom. The van der Waals surface area contributed by atoms with Gasteiger partial charge in [0.25, 0.3) is 0 Å². The van der Waals surface area contributed by atoms with Crippen LogP contribution in [0.25, 0.3) is 0 Å². The average molecular weight is 180 g/mol. The molecule has 1 aromatic rings. The van der Waals surface area contributed by atoms with Crippen molar-refractivity contribution in [3.05, 3.63) is 23.3 Å². The molecule has 0 spiro atoms. The van der Waals surface area contributed by atoms with Crippen molar-refractivity contribution in [2.24, 2.45) is 0 Å². The van der Waals surface area contributed by atoms with Gasteiger partial charge in [0.15, 0.2) is 0 Å². The highest BCUT2D eigenvalue weighted by Gasteiger charge is 2.03. The van der Waals surface area contributed by atoms with Crippen molar-refractivity contribution in [3.8, 4) is 0 Å². The second-order valence-electron chi connectivity index (χ2n) is 3.11. The SMILES string of the molecule is CC.Cc1ncc(C(C)C)c(C)n1. The molecule has 0 fully saturated rings. The minimum absolute atomic E-state index is 0.524. The monoisotopic (exact) mass is 180 g/mol. The highest BCUT2D eigenvalue weighted by molar-refractivity contribution is 5.19. The second-order valence-corrected chi connectivity index (χ2v) is 3.11. The third-order valence-electron chi connectivity index (χ3n) is 1.76. The lowest BCUT2D eigenvalue weighted by Gasteiger charge is -2.07. The topological polar surface area (TPSA) is 25.8 Å². The molecule has 2 nitrogen and oxygen atoms in total. The van der Waals surface area contributed by atoms with Gasteiger partial charge in [-0.2, -0.15) is 0 Å². The van der Waals surface area contributed by atoms with E-state index in [9.17, 15) is 0 Å². The molecule has 0 aromatic carbocycles. The van der Waals surface area contributed by atoms with Gasteiger partial charge in [-0.1, -0.05) is 27.7 Å². The van der Waals surface area contributed by atoms with Crippen molar-refractivity contribution in [1.29, 1.82) is 0 Å². The van der Waals surface area contributed by atoms with Gasteiger partial charge in [-0.25, -0.2) is 9.97 Å². The molecule has 1 aromatic heterocycles. The minimum atomic E-state index is 0.524. The Morgan fingerprint density at radius 3 is 2.08 bits per heavy atom. The normalized spacial score (nSPS) is 9.46. The third-order valence-corrected chi connectivity index (χ3v) is 1.76. The molecule has 0 aliphatic heterocycles. The first-order valence-electron chi connectivity index (χ1n) is 4.91. The molecule has 13 heavy (non-hydrogen) atoms. The average Bonchev–Trinajstić information content (AvgIpc) is 2.07. The van der Waals surface area contributed by atoms with Crippen LogP contribution in [-0.2, 0) is 0 Å². The van der Waals surface area contributed by atoms with Gasteiger partial charge in [0.2, 0.25) is 0 Å². The molecule has 0 unspecified atom stereocenters. The number of rotatable bonds is 1. The van der Waals surface area contributed by atoms with Crippen LogP contribution >= 0.6 is 0 Å². The van der Waals surface area contributed by atoms with Crippen LogP contribution in [0.1, 0.15) is 50.7 Å². The smallest absolute Gasteiger partial charge is 0.125 e. The summed E-state index contributed by atoms with van der Waals surface area (Å²) in [6, 6.07) is 0. The van der Waals surface area contributed by atoms with E-state index in [1.54, 1.807) is 0 Å². The Kier molecular flexibility index (Phi) is 5.28. The van der Waals surface area contributed by atoms with E-state index in [0.717, 1.165) is 11.5 Å². The van der Waals surface area contributed by atoms with Crippen LogP contribution in [0.4, 0.5) is 0 Å². The van der Waals surface area contributed by atoms with Crippen LogP contribution in [0, 0.1) is 13.8 Å². The third kappa shape index (κ3) is 3.53. The molecule has 0 saturated heterocycles. The number of nitrogens with zero attached hydrogens (tertiary/aromatic N) is 2. The minimum Gasteiger partial charge on any atom is -0.241 e. The van der Waals surface area contributed by atoms with Gasteiger partial charge in [-0.15, -0.1) is 0 Å². The van der Waals surface area contributed by atoms with Gasteiger partial charge < -0.3 is 0 Å². The molecule has 1 heterocycles. The molecule has 0 aliphatic carbocycles. The summed E-state index contributed by atoms with van der Waals surface area (Å²) >= 11 is 0. The zero-order chi connectivity index (χ0) is 10.4. The lowest BCUT2D eigenvalue weighted by atomic mass is 10.0. The first-order valence-corrected chi connectivity index (χ1v) is 4.91. The first-order chi connectivity index (χ1) is 6.11. The number of aryl methyl sites for hydroxylation is 2. The Hall–Kier alpha value is -0.920. The van der Waals surface area contributed by atoms with E-state index in [4.69, 9.17) is 0 Å². The van der Waals surface area contributed by atoms with Gasteiger partial charge in [0.1, 0.15) is 5.82 Å². The fourth-order valence-corrected chi connectivity index (χ4v) is 1.16. The lowest BCUT2D eigenvalue weighted by molar-refractivity contribution is 0.819. The molecular weight excluding hydrogens is 160 g/mol. The molecule has 0 N–H and O–H groups in total. The summed E-state index contributed by atoms with van der Waals surface area (Å²) in [6.07, 6.45) is 1.92. The molecular formula is C11H20N2. The van der Waals surface area contributed by atoms with Crippen molar-refractivity contribution in [3.63, 3.8) is 0 Å². The number of hydrogen-bond donors (Lipinski definition) is 0. The fourth-order valence-electron chi connectivity index (χ4n) is 1.16. The predicted octanol–water partition coefficient (Wildman–Crippen LogP) is 3.24. The van der Waals surface area contributed by atoms with E-state index in [-0.39, 0.29) is 0 Å². The molecule has 0 radical (unpaired) electrons. The van der Waals surface area contributed by atoms with E-state index < -0.39 is 0 Å². The van der Waals surface area contributed by atoms with Crippen LogP contribution in [0.5, 0.6) is 0 Å². The van der Waals surface area contributed by atoms with Gasteiger partial charge in [0, 0.05) is 11.9 Å². The van der Waals surface area contributed by atoms with E-state index in [1.165, 1.54) is 5.56 Å². The highest BCUT2D eigenvalue weighted by atomic mass is 14.9. The molecule has 1 rings (SSSR count). The maximum absolute atomic E-state index is 4.28. The van der Waals surface area contributed by atoms with Crippen LogP contribution in [0.2, 0.25) is 0 Å².